The van der Waals surface area contributed by atoms with E-state index >= 15 is 0 Å². The number of hydrogen-bond donors (Lipinski definition) is 5. The molecule has 11 heavy (non-hydrogen) atoms. The van der Waals surface area contributed by atoms with E-state index < -0.39 is 24.9 Å². The number of aliphatic hydroxyl groups is 4. The molecule has 0 radical (unpaired) electrons. The summed E-state index contributed by atoms with van der Waals surface area (Å²) in [4.78, 5) is 0. The molecule has 0 saturated heterocycles. The summed E-state index contributed by atoms with van der Waals surface area (Å²) in [6, 6.07) is 0. The van der Waals surface area contributed by atoms with E-state index in [1.165, 1.54) is 0 Å². The Labute approximate surface area is 65.3 Å². The fourth-order valence-electron chi connectivity index (χ4n) is 0.694. The monoisotopic (exact) mass is 165 g/mol. The van der Waals surface area contributed by atoms with Gasteiger partial charge in [0.2, 0.25) is 0 Å². The zero-order valence-corrected chi connectivity index (χ0v) is 6.44. The summed E-state index contributed by atoms with van der Waals surface area (Å²) >= 11 is 0. The number of rotatable bonds is 5. The minimum atomic E-state index is -1.30. The lowest BCUT2D eigenvalue weighted by Gasteiger charge is -2.20. The van der Waals surface area contributed by atoms with Gasteiger partial charge < -0.3 is 25.7 Å². The van der Waals surface area contributed by atoms with Crippen LogP contribution in [0, 0.1) is 0 Å². The van der Waals surface area contributed by atoms with Crippen molar-refractivity contribution in [3.8, 4) is 0 Å². The lowest BCUT2D eigenvalue weighted by molar-refractivity contribution is -0.0745. The van der Waals surface area contributed by atoms with Crippen molar-refractivity contribution in [3.63, 3.8) is 0 Å². The van der Waals surface area contributed by atoms with Crippen molar-refractivity contribution < 1.29 is 20.4 Å². The van der Waals surface area contributed by atoms with Crippen LogP contribution in [0.1, 0.15) is 0 Å². The molecule has 5 N–H and O–H groups in total. The Bertz CT molecular complexity index is 101. The molecule has 0 aliphatic carbocycles. The molecule has 0 aromatic rings. The Morgan fingerprint density at radius 2 is 1.73 bits per heavy atom. The normalized spacial score (nSPS) is 19.4. The van der Waals surface area contributed by atoms with Crippen LogP contribution < -0.4 is 5.32 Å². The van der Waals surface area contributed by atoms with Crippen molar-refractivity contribution in [1.29, 1.82) is 0 Å². The lowest BCUT2D eigenvalue weighted by atomic mass is 10.1. The summed E-state index contributed by atoms with van der Waals surface area (Å²) in [5, 5.41) is 37.9. The molecular weight excluding hydrogens is 150 g/mol. The smallest absolute Gasteiger partial charge is 0.109 e. The molecule has 68 valence electrons. The molecule has 0 aliphatic heterocycles. The van der Waals surface area contributed by atoms with E-state index in [1.54, 1.807) is 7.05 Å². The van der Waals surface area contributed by atoms with Crippen LogP contribution in [0.2, 0.25) is 0 Å². The molecule has 5 heteroatoms. The minimum absolute atomic E-state index is 0.179. The Morgan fingerprint density at radius 1 is 1.18 bits per heavy atom. The van der Waals surface area contributed by atoms with E-state index in [2.05, 4.69) is 5.32 Å². The van der Waals surface area contributed by atoms with Gasteiger partial charge in [0, 0.05) is 6.54 Å². The van der Waals surface area contributed by atoms with E-state index in [-0.39, 0.29) is 6.54 Å². The number of aliphatic hydroxyl groups excluding tert-OH is 4. The molecule has 0 aromatic carbocycles. The first kappa shape index (κ1) is 10.8. The fraction of sp³-hybridized carbons (Fsp3) is 1.00. The van der Waals surface area contributed by atoms with Gasteiger partial charge in [-0.3, -0.25) is 0 Å². The van der Waals surface area contributed by atoms with Crippen LogP contribution in [0.5, 0.6) is 0 Å². The van der Waals surface area contributed by atoms with Gasteiger partial charge in [0.1, 0.15) is 12.2 Å². The van der Waals surface area contributed by atoms with Crippen LogP contribution in [0.25, 0.3) is 0 Å². The average molecular weight is 165 g/mol. The zero-order valence-electron chi connectivity index (χ0n) is 6.44. The van der Waals surface area contributed by atoms with Gasteiger partial charge in [0.15, 0.2) is 0 Å². The standard InChI is InChI=1S/C6H15NO4/c1-7-2-4(9)6(11)5(10)3-8/h4-11H,2-3H2,1H3/t4-,5-,6+/m1/s1. The molecule has 0 aliphatic rings. The first-order chi connectivity index (χ1) is 5.13. The molecule has 0 aromatic heterocycles. The maximum Gasteiger partial charge on any atom is 0.109 e. The molecule has 0 saturated carbocycles. The van der Waals surface area contributed by atoms with Crippen molar-refractivity contribution in [2.45, 2.75) is 18.3 Å². The largest absolute Gasteiger partial charge is 0.394 e. The van der Waals surface area contributed by atoms with Gasteiger partial charge in [0.05, 0.1) is 12.7 Å². The van der Waals surface area contributed by atoms with Crippen molar-refractivity contribution in [2.24, 2.45) is 0 Å². The summed E-state index contributed by atoms with van der Waals surface area (Å²) in [5.41, 5.74) is 0. The Morgan fingerprint density at radius 3 is 2.09 bits per heavy atom. The SMILES string of the molecule is CNC[C@@H](O)[C@H](O)[C@H](O)CO. The second-order valence-corrected chi connectivity index (χ2v) is 2.37. The Kier molecular flexibility index (Phi) is 5.35. The van der Waals surface area contributed by atoms with Gasteiger partial charge in [-0.15, -0.1) is 0 Å². The maximum atomic E-state index is 9.04. The highest BCUT2D eigenvalue weighted by Gasteiger charge is 2.22. The van der Waals surface area contributed by atoms with Gasteiger partial charge in [-0.25, -0.2) is 0 Å². The van der Waals surface area contributed by atoms with Crippen LogP contribution >= 0.6 is 0 Å². The molecule has 0 amide bonds. The minimum Gasteiger partial charge on any atom is -0.394 e. The lowest BCUT2D eigenvalue weighted by Crippen LogP contribution is -2.43. The van der Waals surface area contributed by atoms with Crippen LogP contribution in [-0.4, -0.2) is 58.9 Å². The zero-order chi connectivity index (χ0) is 8.85. The van der Waals surface area contributed by atoms with Gasteiger partial charge in [0.25, 0.3) is 0 Å². The molecule has 0 spiro atoms. The number of nitrogens with one attached hydrogen (secondary N) is 1. The molecule has 5 nitrogen and oxygen atoms in total. The molecular formula is C6H15NO4. The van der Waals surface area contributed by atoms with E-state index in [1.807, 2.05) is 0 Å². The first-order valence-electron chi connectivity index (χ1n) is 3.43. The average Bonchev–Trinajstić information content (AvgIpc) is 2.02. The molecule has 0 bridgehead atoms. The highest BCUT2D eigenvalue weighted by molar-refractivity contribution is 4.75. The third kappa shape index (κ3) is 3.64. The summed E-state index contributed by atoms with van der Waals surface area (Å²) < 4.78 is 0. The summed E-state index contributed by atoms with van der Waals surface area (Å²) in [6.07, 6.45) is -3.63. The first-order valence-corrected chi connectivity index (χ1v) is 3.43. The van der Waals surface area contributed by atoms with Crippen LogP contribution in [-0.2, 0) is 0 Å². The Hall–Kier alpha value is -0.200. The molecule has 0 rings (SSSR count). The van der Waals surface area contributed by atoms with Crippen molar-refractivity contribution in [1.82, 2.24) is 5.32 Å². The van der Waals surface area contributed by atoms with E-state index in [0.29, 0.717) is 0 Å². The van der Waals surface area contributed by atoms with Gasteiger partial charge in [-0.2, -0.15) is 0 Å². The van der Waals surface area contributed by atoms with Crippen molar-refractivity contribution in [2.75, 3.05) is 20.2 Å². The molecule has 3 atom stereocenters. The molecule has 0 heterocycles. The van der Waals surface area contributed by atoms with Crippen LogP contribution in [0.3, 0.4) is 0 Å². The van der Waals surface area contributed by atoms with Gasteiger partial charge in [-0.1, -0.05) is 0 Å². The maximum absolute atomic E-state index is 9.04. The number of hydrogen-bond acceptors (Lipinski definition) is 5. The summed E-state index contributed by atoms with van der Waals surface area (Å²) in [6.45, 7) is -0.375. The van der Waals surface area contributed by atoms with E-state index in [0.717, 1.165) is 0 Å². The second-order valence-electron chi connectivity index (χ2n) is 2.37. The predicted molar refractivity (Wildman–Crippen MR) is 39.0 cm³/mol. The fourth-order valence-corrected chi connectivity index (χ4v) is 0.694. The van der Waals surface area contributed by atoms with Crippen molar-refractivity contribution >= 4 is 0 Å². The van der Waals surface area contributed by atoms with E-state index in [4.69, 9.17) is 20.4 Å². The highest BCUT2D eigenvalue weighted by Crippen LogP contribution is 1.98. The quantitative estimate of drug-likeness (QED) is 0.305. The third-order valence-electron chi connectivity index (χ3n) is 1.39. The topological polar surface area (TPSA) is 93.0 Å². The second kappa shape index (κ2) is 5.45. The van der Waals surface area contributed by atoms with Crippen LogP contribution in [0.15, 0.2) is 0 Å². The number of likely N-dealkylation sites (N-methyl/N-ethyl adjacent to an activating group) is 1. The van der Waals surface area contributed by atoms with Crippen LogP contribution in [0.4, 0.5) is 0 Å². The summed E-state index contributed by atoms with van der Waals surface area (Å²) in [5.74, 6) is 0. The van der Waals surface area contributed by atoms with Crippen molar-refractivity contribution in [3.05, 3.63) is 0 Å². The molecule has 0 fully saturated rings. The highest BCUT2D eigenvalue weighted by atomic mass is 16.4. The van der Waals surface area contributed by atoms with Gasteiger partial charge >= 0.3 is 0 Å². The third-order valence-corrected chi connectivity index (χ3v) is 1.39. The Balaban J connectivity index is 3.70. The van der Waals surface area contributed by atoms with E-state index in [9.17, 15) is 0 Å². The van der Waals surface area contributed by atoms with Gasteiger partial charge in [-0.05, 0) is 7.05 Å². The predicted octanol–water partition coefficient (Wildman–Crippen LogP) is -2.72. The molecule has 0 unspecified atom stereocenters. The summed E-state index contributed by atoms with van der Waals surface area (Å²) in [7, 11) is 1.61.